The first-order valence-electron chi connectivity index (χ1n) is 12.5. The number of halogens is 1. The van der Waals surface area contributed by atoms with Crippen molar-refractivity contribution < 1.29 is 22.4 Å². The molecule has 7 nitrogen and oxygen atoms in total. The fourth-order valence-electron chi connectivity index (χ4n) is 4.10. The van der Waals surface area contributed by atoms with Crippen molar-refractivity contribution in [3.05, 3.63) is 101 Å². The zero-order valence-corrected chi connectivity index (χ0v) is 22.7. The van der Waals surface area contributed by atoms with E-state index in [1.54, 1.807) is 30.3 Å². The lowest BCUT2D eigenvalue weighted by Gasteiger charge is -2.33. The van der Waals surface area contributed by atoms with E-state index in [0.29, 0.717) is 24.2 Å². The van der Waals surface area contributed by atoms with Crippen LogP contribution in [0.5, 0.6) is 0 Å². The van der Waals surface area contributed by atoms with E-state index in [1.807, 2.05) is 50.2 Å². The first-order valence-corrected chi connectivity index (χ1v) is 14.3. The van der Waals surface area contributed by atoms with Crippen molar-refractivity contribution >= 4 is 27.5 Å². The molecule has 0 saturated heterocycles. The number of nitrogens with zero attached hydrogens (tertiary/aromatic N) is 2. The Kier molecular flexibility index (Phi) is 10.0. The molecule has 0 aliphatic rings. The lowest BCUT2D eigenvalue weighted by molar-refractivity contribution is -0.140. The van der Waals surface area contributed by atoms with Crippen LogP contribution in [-0.4, -0.2) is 50.5 Å². The van der Waals surface area contributed by atoms with Gasteiger partial charge in [-0.1, -0.05) is 61.5 Å². The second-order valence-corrected chi connectivity index (χ2v) is 11.2. The minimum atomic E-state index is -3.83. The number of anilines is 1. The summed E-state index contributed by atoms with van der Waals surface area (Å²) in [5, 5.41) is 2.88. The number of carbonyl (C=O) groups is 2. The molecule has 1 unspecified atom stereocenters. The van der Waals surface area contributed by atoms with Crippen LogP contribution in [0.25, 0.3) is 0 Å². The van der Waals surface area contributed by atoms with E-state index >= 15 is 0 Å². The molecule has 202 valence electrons. The highest BCUT2D eigenvalue weighted by Gasteiger charge is 2.32. The molecular weight excluding hydrogens is 505 g/mol. The maximum absolute atomic E-state index is 13.9. The van der Waals surface area contributed by atoms with Crippen LogP contribution in [0, 0.1) is 12.7 Å². The zero-order chi connectivity index (χ0) is 27.7. The van der Waals surface area contributed by atoms with Crippen LogP contribution in [0.4, 0.5) is 10.1 Å². The van der Waals surface area contributed by atoms with Crippen molar-refractivity contribution in [2.24, 2.45) is 0 Å². The fraction of sp³-hybridized carbons (Fsp3) is 0.310. The summed E-state index contributed by atoms with van der Waals surface area (Å²) in [4.78, 5) is 28.7. The van der Waals surface area contributed by atoms with Gasteiger partial charge < -0.3 is 10.2 Å². The van der Waals surface area contributed by atoms with Crippen LogP contribution < -0.4 is 9.62 Å². The average Bonchev–Trinajstić information content (AvgIpc) is 2.88. The summed E-state index contributed by atoms with van der Waals surface area (Å²) in [6.07, 6.45) is 1.99. The van der Waals surface area contributed by atoms with Crippen molar-refractivity contribution in [1.82, 2.24) is 10.2 Å². The van der Waals surface area contributed by atoms with Gasteiger partial charge in [-0.3, -0.25) is 13.9 Å². The van der Waals surface area contributed by atoms with Gasteiger partial charge in [0.1, 0.15) is 18.4 Å². The SMILES string of the molecule is CCCNC(=O)C(Cc1ccccc1)N(Cc1ccc(F)cc1)C(=O)CN(c1cccc(C)c1)S(C)(=O)=O. The van der Waals surface area contributed by atoms with Crippen LogP contribution in [-0.2, 0) is 32.6 Å². The van der Waals surface area contributed by atoms with Gasteiger partial charge in [-0.25, -0.2) is 12.8 Å². The normalized spacial score (nSPS) is 12.0. The first kappa shape index (κ1) is 28.8. The number of hydrogen-bond acceptors (Lipinski definition) is 4. The maximum atomic E-state index is 13.9. The molecule has 9 heteroatoms. The molecule has 1 N–H and O–H groups in total. The zero-order valence-electron chi connectivity index (χ0n) is 21.9. The van der Waals surface area contributed by atoms with E-state index < -0.39 is 34.3 Å². The Morgan fingerprint density at radius 3 is 2.24 bits per heavy atom. The van der Waals surface area contributed by atoms with E-state index in [9.17, 15) is 22.4 Å². The summed E-state index contributed by atoms with van der Waals surface area (Å²) in [6, 6.07) is 20.9. The molecule has 0 fully saturated rings. The number of nitrogens with one attached hydrogen (secondary N) is 1. The number of aryl methyl sites for hydroxylation is 1. The molecule has 0 aliphatic carbocycles. The summed E-state index contributed by atoms with van der Waals surface area (Å²) >= 11 is 0. The van der Waals surface area contributed by atoms with E-state index in [2.05, 4.69) is 5.32 Å². The molecule has 0 aromatic heterocycles. The number of hydrogen-bond donors (Lipinski definition) is 1. The molecule has 38 heavy (non-hydrogen) atoms. The third-order valence-corrected chi connectivity index (χ3v) is 7.20. The molecule has 0 radical (unpaired) electrons. The molecule has 3 aromatic rings. The lowest BCUT2D eigenvalue weighted by atomic mass is 10.0. The lowest BCUT2D eigenvalue weighted by Crippen LogP contribution is -2.53. The van der Waals surface area contributed by atoms with Gasteiger partial charge in [0.2, 0.25) is 21.8 Å². The van der Waals surface area contributed by atoms with Crippen LogP contribution in [0.3, 0.4) is 0 Å². The first-order chi connectivity index (χ1) is 18.1. The second kappa shape index (κ2) is 13.2. The number of benzene rings is 3. The van der Waals surface area contributed by atoms with Crippen molar-refractivity contribution in [3.63, 3.8) is 0 Å². The van der Waals surface area contributed by atoms with Gasteiger partial charge in [0.15, 0.2) is 0 Å². The molecule has 3 rings (SSSR count). The van der Waals surface area contributed by atoms with Crippen molar-refractivity contribution in [3.8, 4) is 0 Å². The standard InChI is InChI=1S/C29H34FN3O4S/c1-4-17-31-29(35)27(19-23-10-6-5-7-11-23)32(20-24-13-15-25(30)16-14-24)28(34)21-33(38(3,36)37)26-12-8-9-22(2)18-26/h5-16,18,27H,4,17,19-21H2,1-3H3,(H,31,35). The van der Waals surface area contributed by atoms with Gasteiger partial charge in [-0.05, 0) is 54.3 Å². The summed E-state index contributed by atoms with van der Waals surface area (Å²) in [5.74, 6) is -1.31. The Hall–Kier alpha value is -3.72. The van der Waals surface area contributed by atoms with Gasteiger partial charge >= 0.3 is 0 Å². The van der Waals surface area contributed by atoms with Crippen LogP contribution in [0.15, 0.2) is 78.9 Å². The highest BCUT2D eigenvalue weighted by atomic mass is 32.2. The molecule has 2 amide bonds. The van der Waals surface area contributed by atoms with Crippen LogP contribution in [0.1, 0.15) is 30.0 Å². The van der Waals surface area contributed by atoms with Gasteiger partial charge in [-0.15, -0.1) is 0 Å². The van der Waals surface area contributed by atoms with Gasteiger partial charge in [0.25, 0.3) is 0 Å². The van der Waals surface area contributed by atoms with Crippen LogP contribution in [0.2, 0.25) is 0 Å². The van der Waals surface area contributed by atoms with E-state index in [-0.39, 0.29) is 18.9 Å². The van der Waals surface area contributed by atoms with Gasteiger partial charge in [0.05, 0.1) is 11.9 Å². The molecule has 0 bridgehead atoms. The third-order valence-electron chi connectivity index (χ3n) is 6.06. The predicted molar refractivity (Wildman–Crippen MR) is 148 cm³/mol. The van der Waals surface area contributed by atoms with E-state index in [1.165, 1.54) is 17.0 Å². The second-order valence-electron chi connectivity index (χ2n) is 9.25. The Morgan fingerprint density at radius 1 is 0.947 bits per heavy atom. The Labute approximate surface area is 224 Å². The molecule has 1 atom stereocenters. The monoisotopic (exact) mass is 539 g/mol. The minimum Gasteiger partial charge on any atom is -0.354 e. The Bertz CT molecular complexity index is 1330. The summed E-state index contributed by atoms with van der Waals surface area (Å²) in [5.41, 5.74) is 2.66. The van der Waals surface area contributed by atoms with Gasteiger partial charge in [0, 0.05) is 19.5 Å². The van der Waals surface area contributed by atoms with E-state index in [0.717, 1.165) is 21.7 Å². The average molecular weight is 540 g/mol. The predicted octanol–water partition coefficient (Wildman–Crippen LogP) is 4.07. The maximum Gasteiger partial charge on any atom is 0.244 e. The van der Waals surface area contributed by atoms with Gasteiger partial charge in [-0.2, -0.15) is 0 Å². The highest BCUT2D eigenvalue weighted by Crippen LogP contribution is 2.21. The molecule has 3 aromatic carbocycles. The van der Waals surface area contributed by atoms with Crippen molar-refractivity contribution in [1.29, 1.82) is 0 Å². The number of sulfonamides is 1. The largest absolute Gasteiger partial charge is 0.354 e. The number of carbonyl (C=O) groups excluding carboxylic acids is 2. The Balaban J connectivity index is 2.03. The topological polar surface area (TPSA) is 86.8 Å². The minimum absolute atomic E-state index is 0.00157. The van der Waals surface area contributed by atoms with Crippen molar-refractivity contribution in [2.45, 2.75) is 39.3 Å². The molecule has 0 saturated carbocycles. The molecular formula is C29H34FN3O4S. The fourth-order valence-corrected chi connectivity index (χ4v) is 4.94. The summed E-state index contributed by atoms with van der Waals surface area (Å²) < 4.78 is 40.2. The summed E-state index contributed by atoms with van der Waals surface area (Å²) in [7, 11) is -3.83. The Morgan fingerprint density at radius 2 is 1.63 bits per heavy atom. The van der Waals surface area contributed by atoms with E-state index in [4.69, 9.17) is 0 Å². The van der Waals surface area contributed by atoms with Crippen molar-refractivity contribution in [2.75, 3.05) is 23.7 Å². The highest BCUT2D eigenvalue weighted by molar-refractivity contribution is 7.92. The molecule has 0 spiro atoms. The number of rotatable bonds is 12. The number of amides is 2. The smallest absolute Gasteiger partial charge is 0.244 e. The molecule has 0 heterocycles. The van der Waals surface area contributed by atoms with Crippen LogP contribution >= 0.6 is 0 Å². The summed E-state index contributed by atoms with van der Waals surface area (Å²) in [6.45, 7) is 3.71. The third kappa shape index (κ3) is 8.14. The quantitative estimate of drug-likeness (QED) is 0.376. The molecule has 0 aliphatic heterocycles.